The van der Waals surface area contributed by atoms with Crippen molar-refractivity contribution in [2.75, 3.05) is 46.1 Å². The number of aliphatic carboxylic acids is 2. The summed E-state index contributed by atoms with van der Waals surface area (Å²) in [5.41, 5.74) is 1.52. The van der Waals surface area contributed by atoms with Gasteiger partial charge in [0.15, 0.2) is 5.60 Å². The number of halogens is 1. The number of nitrogens with zero attached hydrogens (tertiary/aromatic N) is 3. The molecule has 5 atom stereocenters. The monoisotopic (exact) mass is 1150 g/mol. The van der Waals surface area contributed by atoms with Crippen molar-refractivity contribution in [1.82, 2.24) is 51.7 Å². The second kappa shape index (κ2) is 25.7. The number of carbonyl (C=O) groups excluding carboxylic acids is 9. The van der Waals surface area contributed by atoms with E-state index in [0.29, 0.717) is 63.7 Å². The highest BCUT2D eigenvalue weighted by Gasteiger charge is 2.46. The molecule has 0 bridgehead atoms. The Hall–Kier alpha value is -9.28. The van der Waals surface area contributed by atoms with Crippen molar-refractivity contribution in [3.8, 4) is 11.4 Å². The van der Waals surface area contributed by atoms with Crippen LogP contribution in [-0.2, 0) is 93.8 Å². The van der Waals surface area contributed by atoms with Crippen LogP contribution in [0.15, 0.2) is 58.9 Å². The number of rotatable bonds is 26. The molecule has 2 aromatic carbocycles. The lowest BCUT2D eigenvalue weighted by Gasteiger charge is -2.31. The number of nitrogens with one attached hydrogen (secondary N) is 7. The zero-order valence-electron chi connectivity index (χ0n) is 44.9. The van der Waals surface area contributed by atoms with Crippen LogP contribution in [0.4, 0.5) is 4.39 Å². The number of aryl methyl sites for hydroxylation is 1. The van der Waals surface area contributed by atoms with Crippen LogP contribution in [0.25, 0.3) is 22.3 Å². The molecule has 83 heavy (non-hydrogen) atoms. The molecular weight excluding hydrogens is 1090 g/mol. The van der Waals surface area contributed by atoms with Gasteiger partial charge in [-0.25, -0.2) is 14.2 Å². The number of carboxylic acid groups (broad SMARTS) is 2. The van der Waals surface area contributed by atoms with Gasteiger partial charge in [0.25, 0.3) is 5.56 Å². The van der Waals surface area contributed by atoms with Gasteiger partial charge in [-0.2, -0.15) is 0 Å². The molecule has 5 heterocycles. The average Bonchev–Trinajstić information content (AvgIpc) is 3.15. The molecule has 10 N–H and O–H groups in total. The fraction of sp³-hybridized carbons (Fsp3) is 0.400. The molecule has 2 unspecified atom stereocenters. The molecule has 438 valence electrons. The largest absolute Gasteiger partial charge is 0.481 e. The van der Waals surface area contributed by atoms with Crippen molar-refractivity contribution in [3.63, 3.8) is 0 Å². The number of ether oxygens (including phenoxy) is 2. The summed E-state index contributed by atoms with van der Waals surface area (Å²) in [6.07, 6.45) is 1.06. The van der Waals surface area contributed by atoms with E-state index in [1.165, 1.54) is 10.6 Å². The molecule has 28 heteroatoms. The zero-order valence-corrected chi connectivity index (χ0v) is 44.9. The van der Waals surface area contributed by atoms with Gasteiger partial charge in [-0.3, -0.25) is 52.7 Å². The standard InChI is InChI=1S/C55H59FN10O17/c1-3-55(81)33-15-39-49-31(22-66(39)52(77)32(33)24-83-54(55)80)48-35(10-9-30-27(2)34(56)16-37(64-49)47(30)48)62-44(71)25-82-26-61-42(69)19-59-50(75)38(13-28-7-5-4-6-8-28)63-43(70)20-58-41(68)18-60-51(76)40(65-21-29(23-67)14-45(65)72)17-57-36(53(78)79)11-12-46(73)74/h4-8,14-16,23,35-36,38,40,57,81H,3,9-13,17-22,24-26H2,1-2H3,(H,58,68)(H,59,75)(H,60,76)(H,61,69)(H,62,71)(H,63,70)(H,73,74)(H,78,79)/t35-,36?,38-,40?,55-/m0/s1. The first kappa shape index (κ1) is 59.8. The maximum Gasteiger partial charge on any atom is 0.343 e. The Morgan fingerprint density at radius 1 is 0.892 bits per heavy atom. The first-order chi connectivity index (χ1) is 39.6. The minimum Gasteiger partial charge on any atom is -0.481 e. The highest BCUT2D eigenvalue weighted by molar-refractivity contribution is 6.01. The van der Waals surface area contributed by atoms with E-state index in [0.717, 1.165) is 11.0 Å². The van der Waals surface area contributed by atoms with Crippen molar-refractivity contribution < 1.29 is 81.9 Å². The third-order valence-electron chi connectivity index (χ3n) is 14.8. The molecule has 27 nitrogen and oxygen atoms in total. The van der Waals surface area contributed by atoms with Gasteiger partial charge in [0.1, 0.15) is 50.2 Å². The Balaban J connectivity index is 0.829. The molecule has 0 spiro atoms. The molecular formula is C55H59FN10O17. The van der Waals surface area contributed by atoms with Crippen LogP contribution in [-0.4, -0.2) is 160 Å². The number of aliphatic hydroxyl groups is 1. The molecule has 1 aliphatic carbocycles. The number of aldehydes is 1. The smallest absolute Gasteiger partial charge is 0.343 e. The Kier molecular flexibility index (Phi) is 18.5. The number of aromatic nitrogens is 2. The molecule has 4 aliphatic rings. The van der Waals surface area contributed by atoms with Gasteiger partial charge in [-0.1, -0.05) is 37.3 Å². The van der Waals surface area contributed by atoms with Crippen LogP contribution in [0.2, 0.25) is 0 Å². The van der Waals surface area contributed by atoms with Crippen molar-refractivity contribution in [3.05, 3.63) is 109 Å². The van der Waals surface area contributed by atoms with Gasteiger partial charge < -0.3 is 71.5 Å². The SMILES string of the molecule is CC[C@@]1(O)C(=O)OCc2c1cc1n(c2=O)Cc2c-1nc1cc(F)c(C)c3c1c2[C@@H](NC(=O)COCNC(=O)CNC(=O)[C@H](Cc1ccccc1)NC(=O)CNC(=O)CNC(=O)C(CNC(CCC(=O)O)C(=O)O)N1CC(C=O)=CC1=O)CC3. The Labute approximate surface area is 470 Å². The van der Waals surface area contributed by atoms with Crippen LogP contribution in [0, 0.1) is 12.7 Å². The fourth-order valence-electron chi connectivity index (χ4n) is 10.5. The van der Waals surface area contributed by atoms with E-state index in [1.54, 1.807) is 50.2 Å². The minimum absolute atomic E-state index is 0.0204. The number of fused-ring (bicyclic) bond motifs is 5. The van der Waals surface area contributed by atoms with Gasteiger partial charge in [0.05, 0.1) is 61.2 Å². The molecule has 0 radical (unpaired) electrons. The molecule has 0 saturated heterocycles. The van der Waals surface area contributed by atoms with Gasteiger partial charge >= 0.3 is 17.9 Å². The number of esters is 1. The van der Waals surface area contributed by atoms with E-state index in [1.807, 2.05) is 0 Å². The molecule has 4 aromatic rings. The van der Waals surface area contributed by atoms with Gasteiger partial charge in [0.2, 0.25) is 41.4 Å². The second-order valence-electron chi connectivity index (χ2n) is 20.1. The predicted molar refractivity (Wildman–Crippen MR) is 284 cm³/mol. The Morgan fingerprint density at radius 3 is 2.29 bits per heavy atom. The second-order valence-corrected chi connectivity index (χ2v) is 20.1. The van der Waals surface area contributed by atoms with Crippen LogP contribution in [0.3, 0.4) is 0 Å². The van der Waals surface area contributed by atoms with E-state index in [4.69, 9.17) is 19.6 Å². The van der Waals surface area contributed by atoms with Gasteiger partial charge in [0, 0.05) is 53.6 Å². The summed E-state index contributed by atoms with van der Waals surface area (Å²) in [7, 11) is 0. The molecule has 2 aromatic heterocycles. The summed E-state index contributed by atoms with van der Waals surface area (Å²) in [5, 5.41) is 48.0. The minimum atomic E-state index is -2.08. The van der Waals surface area contributed by atoms with E-state index in [9.17, 15) is 67.7 Å². The third kappa shape index (κ3) is 13.2. The lowest BCUT2D eigenvalue weighted by atomic mass is 9.81. The number of cyclic esters (lactones) is 1. The number of hydrogen-bond acceptors (Lipinski definition) is 17. The fourth-order valence-corrected chi connectivity index (χ4v) is 10.5. The Morgan fingerprint density at radius 2 is 1.60 bits per heavy atom. The summed E-state index contributed by atoms with van der Waals surface area (Å²) >= 11 is 0. The van der Waals surface area contributed by atoms with Crippen LogP contribution in [0.5, 0.6) is 0 Å². The average molecular weight is 1150 g/mol. The summed E-state index contributed by atoms with van der Waals surface area (Å²) in [6, 6.07) is 6.47. The summed E-state index contributed by atoms with van der Waals surface area (Å²) < 4.78 is 27.5. The number of carboxylic acids is 2. The first-order valence-electron chi connectivity index (χ1n) is 26.4. The van der Waals surface area contributed by atoms with E-state index < -0.39 is 146 Å². The van der Waals surface area contributed by atoms with Crippen LogP contribution in [0.1, 0.15) is 77.6 Å². The Bertz CT molecular complexity index is 3440. The zero-order chi connectivity index (χ0) is 59.9. The maximum absolute atomic E-state index is 15.4. The third-order valence-corrected chi connectivity index (χ3v) is 14.8. The van der Waals surface area contributed by atoms with E-state index in [2.05, 4.69) is 37.2 Å². The molecule has 3 aliphatic heterocycles. The van der Waals surface area contributed by atoms with Crippen LogP contribution >= 0.6 is 0 Å². The highest BCUT2D eigenvalue weighted by Crippen LogP contribution is 2.46. The van der Waals surface area contributed by atoms with Crippen molar-refractivity contribution in [2.24, 2.45) is 0 Å². The van der Waals surface area contributed by atoms with Crippen molar-refractivity contribution in [2.45, 2.75) is 95.3 Å². The summed E-state index contributed by atoms with van der Waals surface area (Å²) in [5.74, 6) is -9.66. The lowest BCUT2D eigenvalue weighted by molar-refractivity contribution is -0.172. The molecule has 0 saturated carbocycles. The number of hydrogen-bond donors (Lipinski definition) is 10. The topological polar surface area (TPSA) is 389 Å². The van der Waals surface area contributed by atoms with Crippen molar-refractivity contribution >= 4 is 76.4 Å². The summed E-state index contributed by atoms with van der Waals surface area (Å²) in [6.45, 7) is -0.960. The molecule has 8 rings (SSSR count). The van der Waals surface area contributed by atoms with Gasteiger partial charge in [-0.15, -0.1) is 0 Å². The predicted octanol–water partition coefficient (Wildman–Crippen LogP) is -1.96. The highest BCUT2D eigenvalue weighted by atomic mass is 19.1. The maximum atomic E-state index is 15.4. The normalized spacial score (nSPS) is 17.6. The molecule has 0 fully saturated rings. The van der Waals surface area contributed by atoms with Gasteiger partial charge in [-0.05, 0) is 60.9 Å². The van der Waals surface area contributed by atoms with E-state index >= 15 is 4.39 Å². The number of benzene rings is 2. The lowest BCUT2D eigenvalue weighted by Crippen LogP contribution is -2.56. The van der Waals surface area contributed by atoms with Crippen molar-refractivity contribution in [1.29, 1.82) is 0 Å². The first-order valence-corrected chi connectivity index (χ1v) is 26.4. The van der Waals surface area contributed by atoms with Crippen LogP contribution < -0.4 is 42.8 Å². The quantitative estimate of drug-likeness (QED) is 0.0124. The van der Waals surface area contributed by atoms with E-state index in [-0.39, 0.29) is 61.2 Å². The molecule has 7 amide bonds. The number of carbonyl (C=O) groups is 11. The number of pyridine rings is 2. The number of amides is 7. The summed E-state index contributed by atoms with van der Waals surface area (Å²) in [4.78, 5) is 159.